The van der Waals surface area contributed by atoms with Crippen molar-refractivity contribution in [1.82, 2.24) is 4.90 Å². The van der Waals surface area contributed by atoms with Crippen LogP contribution in [0.15, 0.2) is 0 Å². The summed E-state index contributed by atoms with van der Waals surface area (Å²) in [6.07, 6.45) is 1.99. The normalized spacial score (nSPS) is 34.3. The second-order valence-corrected chi connectivity index (χ2v) is 4.50. The molecule has 16 heavy (non-hydrogen) atoms. The van der Waals surface area contributed by atoms with Crippen LogP contribution in [0.5, 0.6) is 0 Å². The van der Waals surface area contributed by atoms with Crippen LogP contribution in [0.4, 0.5) is 0 Å². The van der Waals surface area contributed by atoms with Crippen molar-refractivity contribution >= 4 is 11.9 Å². The number of likely N-dealkylation sites (tertiary alicyclic amines) is 1. The van der Waals surface area contributed by atoms with Crippen LogP contribution in [-0.2, 0) is 14.3 Å². The largest absolute Gasteiger partial charge is 0.480 e. The number of hydrogen-bond donors (Lipinski definition) is 1. The lowest BCUT2D eigenvalue weighted by Crippen LogP contribution is -2.44. The number of nitrogens with zero attached hydrogens (tertiary/aromatic N) is 1. The fourth-order valence-corrected chi connectivity index (χ4v) is 2.56. The smallest absolute Gasteiger partial charge is 0.326 e. The van der Waals surface area contributed by atoms with Gasteiger partial charge in [0.1, 0.15) is 6.04 Å². The molecule has 90 valence electrons. The Bertz CT molecular complexity index is 304. The van der Waals surface area contributed by atoms with E-state index >= 15 is 0 Å². The molecule has 2 saturated heterocycles. The number of carbonyl (C=O) groups is 2. The zero-order valence-electron chi connectivity index (χ0n) is 9.39. The van der Waals surface area contributed by atoms with Gasteiger partial charge < -0.3 is 14.7 Å². The minimum absolute atomic E-state index is 0.0464. The molecule has 2 fully saturated rings. The van der Waals surface area contributed by atoms with E-state index in [0.717, 1.165) is 6.42 Å². The van der Waals surface area contributed by atoms with Crippen LogP contribution in [0.1, 0.15) is 26.2 Å². The summed E-state index contributed by atoms with van der Waals surface area (Å²) in [5.74, 6) is -1.09. The molecular formula is C11H17NO4. The van der Waals surface area contributed by atoms with Crippen LogP contribution >= 0.6 is 0 Å². The van der Waals surface area contributed by atoms with Gasteiger partial charge in [0.15, 0.2) is 0 Å². The minimum Gasteiger partial charge on any atom is -0.480 e. The molecule has 5 heteroatoms. The molecule has 1 N–H and O–H groups in total. The van der Waals surface area contributed by atoms with Crippen LogP contribution in [0.25, 0.3) is 0 Å². The van der Waals surface area contributed by atoms with Gasteiger partial charge in [-0.25, -0.2) is 4.79 Å². The van der Waals surface area contributed by atoms with E-state index in [1.54, 1.807) is 0 Å². The molecular weight excluding hydrogens is 210 g/mol. The third-order valence-corrected chi connectivity index (χ3v) is 3.51. The van der Waals surface area contributed by atoms with Gasteiger partial charge in [0.2, 0.25) is 5.91 Å². The SMILES string of the molecule is CC1OCCC1C(=O)N1CCCC1C(=O)O. The van der Waals surface area contributed by atoms with Gasteiger partial charge in [-0.05, 0) is 26.2 Å². The van der Waals surface area contributed by atoms with Crippen LogP contribution in [0.3, 0.4) is 0 Å². The summed E-state index contributed by atoms with van der Waals surface area (Å²) in [5, 5.41) is 9.02. The number of amides is 1. The lowest BCUT2D eigenvalue weighted by Gasteiger charge is -2.25. The molecule has 2 aliphatic heterocycles. The summed E-state index contributed by atoms with van der Waals surface area (Å²) in [6.45, 7) is 3.05. The maximum absolute atomic E-state index is 12.2. The Labute approximate surface area is 94.4 Å². The fourth-order valence-electron chi connectivity index (χ4n) is 2.56. The van der Waals surface area contributed by atoms with Crippen molar-refractivity contribution in [2.75, 3.05) is 13.2 Å². The van der Waals surface area contributed by atoms with Crippen molar-refractivity contribution < 1.29 is 19.4 Å². The average molecular weight is 227 g/mol. The number of carbonyl (C=O) groups excluding carboxylic acids is 1. The van der Waals surface area contributed by atoms with E-state index in [1.807, 2.05) is 6.92 Å². The molecule has 2 heterocycles. The molecule has 0 spiro atoms. The maximum Gasteiger partial charge on any atom is 0.326 e. The van der Waals surface area contributed by atoms with E-state index in [9.17, 15) is 9.59 Å². The second kappa shape index (κ2) is 4.41. The van der Waals surface area contributed by atoms with E-state index in [0.29, 0.717) is 26.0 Å². The van der Waals surface area contributed by atoms with Gasteiger partial charge in [-0.1, -0.05) is 0 Å². The third-order valence-electron chi connectivity index (χ3n) is 3.51. The van der Waals surface area contributed by atoms with Crippen molar-refractivity contribution in [2.45, 2.75) is 38.3 Å². The second-order valence-electron chi connectivity index (χ2n) is 4.50. The molecule has 0 radical (unpaired) electrons. The van der Waals surface area contributed by atoms with Gasteiger partial charge >= 0.3 is 5.97 Å². The Morgan fingerprint density at radius 1 is 1.38 bits per heavy atom. The van der Waals surface area contributed by atoms with Crippen molar-refractivity contribution in [3.8, 4) is 0 Å². The molecule has 0 saturated carbocycles. The van der Waals surface area contributed by atoms with Gasteiger partial charge in [0, 0.05) is 13.2 Å². The number of ether oxygens (including phenoxy) is 1. The first-order chi connectivity index (χ1) is 7.61. The van der Waals surface area contributed by atoms with Crippen molar-refractivity contribution in [2.24, 2.45) is 5.92 Å². The molecule has 0 aromatic heterocycles. The summed E-state index contributed by atoms with van der Waals surface area (Å²) in [4.78, 5) is 24.7. The van der Waals surface area contributed by atoms with E-state index in [4.69, 9.17) is 9.84 Å². The molecule has 0 bridgehead atoms. The summed E-state index contributed by atoms with van der Waals surface area (Å²) in [6, 6.07) is -0.625. The first-order valence-corrected chi connectivity index (χ1v) is 5.76. The quantitative estimate of drug-likeness (QED) is 0.745. The lowest BCUT2D eigenvalue weighted by atomic mass is 10.0. The number of carboxylic acid groups (broad SMARTS) is 1. The minimum atomic E-state index is -0.891. The van der Waals surface area contributed by atoms with Crippen molar-refractivity contribution in [3.63, 3.8) is 0 Å². The summed E-state index contributed by atoms with van der Waals surface area (Å²) >= 11 is 0. The molecule has 0 aromatic rings. The Balaban J connectivity index is 2.06. The molecule has 2 rings (SSSR count). The Morgan fingerprint density at radius 2 is 2.12 bits per heavy atom. The predicted octanol–water partition coefficient (Wildman–Crippen LogP) is 0.487. The lowest BCUT2D eigenvalue weighted by molar-refractivity contribution is -0.150. The monoisotopic (exact) mass is 227 g/mol. The number of rotatable bonds is 2. The van der Waals surface area contributed by atoms with E-state index in [-0.39, 0.29) is 17.9 Å². The fraction of sp³-hybridized carbons (Fsp3) is 0.818. The first-order valence-electron chi connectivity index (χ1n) is 5.76. The van der Waals surface area contributed by atoms with E-state index < -0.39 is 12.0 Å². The van der Waals surface area contributed by atoms with Gasteiger partial charge in [-0.2, -0.15) is 0 Å². The molecule has 5 nitrogen and oxygen atoms in total. The number of hydrogen-bond acceptors (Lipinski definition) is 3. The molecule has 0 aliphatic carbocycles. The van der Waals surface area contributed by atoms with Crippen LogP contribution in [0, 0.1) is 5.92 Å². The average Bonchev–Trinajstić information content (AvgIpc) is 2.84. The molecule has 3 unspecified atom stereocenters. The first kappa shape index (κ1) is 11.4. The van der Waals surface area contributed by atoms with Gasteiger partial charge in [0.25, 0.3) is 0 Å². The Hall–Kier alpha value is -1.10. The highest BCUT2D eigenvalue weighted by Gasteiger charge is 2.40. The highest BCUT2D eigenvalue weighted by atomic mass is 16.5. The Morgan fingerprint density at radius 3 is 2.69 bits per heavy atom. The van der Waals surface area contributed by atoms with Gasteiger partial charge in [-0.3, -0.25) is 4.79 Å². The topological polar surface area (TPSA) is 66.8 Å². The van der Waals surface area contributed by atoms with E-state index in [1.165, 1.54) is 4.90 Å². The van der Waals surface area contributed by atoms with Crippen LogP contribution < -0.4 is 0 Å². The zero-order valence-corrected chi connectivity index (χ0v) is 9.39. The van der Waals surface area contributed by atoms with Crippen molar-refractivity contribution in [1.29, 1.82) is 0 Å². The number of carboxylic acids is 1. The summed E-state index contributed by atoms with van der Waals surface area (Å²) < 4.78 is 5.35. The highest BCUT2D eigenvalue weighted by molar-refractivity contribution is 5.86. The van der Waals surface area contributed by atoms with E-state index in [2.05, 4.69) is 0 Å². The molecule has 1 amide bonds. The molecule has 3 atom stereocenters. The van der Waals surface area contributed by atoms with Crippen LogP contribution in [-0.4, -0.2) is 47.2 Å². The summed E-state index contributed by atoms with van der Waals surface area (Å²) in [7, 11) is 0. The number of aliphatic carboxylic acids is 1. The van der Waals surface area contributed by atoms with Gasteiger partial charge in [-0.15, -0.1) is 0 Å². The standard InChI is InChI=1S/C11H17NO4/c1-7-8(4-6-16-7)10(13)12-5-2-3-9(12)11(14)15/h7-9H,2-6H2,1H3,(H,14,15). The van der Waals surface area contributed by atoms with Gasteiger partial charge in [0.05, 0.1) is 12.0 Å². The third kappa shape index (κ3) is 1.91. The van der Waals surface area contributed by atoms with Crippen LogP contribution in [0.2, 0.25) is 0 Å². The zero-order chi connectivity index (χ0) is 11.7. The molecule has 2 aliphatic rings. The predicted molar refractivity (Wildman–Crippen MR) is 55.9 cm³/mol. The molecule has 0 aromatic carbocycles. The Kier molecular flexibility index (Phi) is 3.14. The highest BCUT2D eigenvalue weighted by Crippen LogP contribution is 2.27. The summed E-state index contributed by atoms with van der Waals surface area (Å²) in [5.41, 5.74) is 0. The maximum atomic E-state index is 12.2. The van der Waals surface area contributed by atoms with Crippen molar-refractivity contribution in [3.05, 3.63) is 0 Å².